The zero-order chi connectivity index (χ0) is 14.7. The Kier molecular flexibility index (Phi) is 4.73. The summed E-state index contributed by atoms with van der Waals surface area (Å²) < 4.78 is 27.0. The number of benzene rings is 2. The van der Waals surface area contributed by atoms with Crippen LogP contribution in [0.15, 0.2) is 36.4 Å². The first kappa shape index (κ1) is 14.9. The number of hydrogen-bond donors (Lipinski definition) is 1. The summed E-state index contributed by atoms with van der Waals surface area (Å²) in [6, 6.07) is 9.74. The quantitative estimate of drug-likeness (QED) is 0.880. The molecule has 0 heterocycles. The molecular weight excluding hydrogens is 280 g/mol. The Hall–Kier alpha value is -1.45. The number of likely N-dealkylation sites (N-methyl/N-ethyl adjacent to an activating group) is 1. The third-order valence-corrected chi connectivity index (χ3v) is 3.90. The molecule has 1 atom stereocenters. The van der Waals surface area contributed by atoms with Gasteiger partial charge < -0.3 is 5.32 Å². The maximum atomic E-state index is 13.8. The van der Waals surface area contributed by atoms with E-state index in [1.807, 2.05) is 25.1 Å². The Balaban J connectivity index is 2.34. The van der Waals surface area contributed by atoms with Gasteiger partial charge in [0.05, 0.1) is 0 Å². The minimum atomic E-state index is -0.819. The van der Waals surface area contributed by atoms with E-state index in [0.29, 0.717) is 17.0 Å². The van der Waals surface area contributed by atoms with Crippen LogP contribution < -0.4 is 5.32 Å². The lowest BCUT2D eigenvalue weighted by molar-refractivity contribution is 0.486. The molecule has 0 bridgehead atoms. The molecule has 2 aromatic rings. The third kappa shape index (κ3) is 3.00. The van der Waals surface area contributed by atoms with Gasteiger partial charge in [0.25, 0.3) is 0 Å². The van der Waals surface area contributed by atoms with Crippen molar-refractivity contribution < 1.29 is 8.78 Å². The topological polar surface area (TPSA) is 12.0 Å². The van der Waals surface area contributed by atoms with Crippen molar-refractivity contribution in [2.45, 2.75) is 19.4 Å². The maximum Gasteiger partial charge on any atom is 0.162 e. The lowest BCUT2D eigenvalue weighted by Crippen LogP contribution is -2.20. The molecule has 106 valence electrons. The summed E-state index contributed by atoms with van der Waals surface area (Å²) in [5, 5.41) is 3.80. The molecule has 0 aliphatic carbocycles. The zero-order valence-electron chi connectivity index (χ0n) is 11.4. The van der Waals surface area contributed by atoms with Gasteiger partial charge in [0.1, 0.15) is 0 Å². The molecule has 2 rings (SSSR count). The molecule has 0 saturated carbocycles. The Morgan fingerprint density at radius 2 is 1.85 bits per heavy atom. The van der Waals surface area contributed by atoms with Crippen LogP contribution in [-0.4, -0.2) is 7.05 Å². The Labute approximate surface area is 122 Å². The predicted molar refractivity (Wildman–Crippen MR) is 78.1 cm³/mol. The molecular formula is C16H16ClF2N. The zero-order valence-corrected chi connectivity index (χ0v) is 12.1. The molecule has 0 aliphatic heterocycles. The summed E-state index contributed by atoms with van der Waals surface area (Å²) in [7, 11) is 1.79. The lowest BCUT2D eigenvalue weighted by Gasteiger charge is -2.20. The minimum Gasteiger partial charge on any atom is -0.313 e. The van der Waals surface area contributed by atoms with E-state index >= 15 is 0 Å². The second kappa shape index (κ2) is 6.33. The average Bonchev–Trinajstić information content (AvgIpc) is 2.44. The summed E-state index contributed by atoms with van der Waals surface area (Å²) >= 11 is 6.11. The summed E-state index contributed by atoms with van der Waals surface area (Å²) in [6.07, 6.45) is 0.362. The van der Waals surface area contributed by atoms with E-state index in [2.05, 4.69) is 5.32 Å². The van der Waals surface area contributed by atoms with Gasteiger partial charge in [-0.1, -0.05) is 35.9 Å². The number of nitrogens with one attached hydrogen (secondary N) is 1. The number of hydrogen-bond acceptors (Lipinski definition) is 1. The summed E-state index contributed by atoms with van der Waals surface area (Å²) in [5.41, 5.74) is 2.29. The Morgan fingerprint density at radius 1 is 1.15 bits per heavy atom. The monoisotopic (exact) mass is 295 g/mol. The van der Waals surface area contributed by atoms with Crippen molar-refractivity contribution in [2.75, 3.05) is 7.05 Å². The van der Waals surface area contributed by atoms with Gasteiger partial charge in [0.15, 0.2) is 11.6 Å². The number of halogens is 3. The molecule has 4 heteroatoms. The third-order valence-electron chi connectivity index (χ3n) is 3.49. The predicted octanol–water partition coefficient (Wildman–Crippen LogP) is 4.43. The van der Waals surface area contributed by atoms with Gasteiger partial charge >= 0.3 is 0 Å². The summed E-state index contributed by atoms with van der Waals surface area (Å²) in [5.74, 6) is -1.60. The first-order valence-electron chi connectivity index (χ1n) is 6.39. The van der Waals surface area contributed by atoms with Crippen LogP contribution in [-0.2, 0) is 6.42 Å². The van der Waals surface area contributed by atoms with Crippen LogP contribution >= 0.6 is 11.6 Å². The molecule has 1 nitrogen and oxygen atoms in total. The van der Waals surface area contributed by atoms with Crippen molar-refractivity contribution in [2.24, 2.45) is 0 Å². The minimum absolute atomic E-state index is 0.120. The van der Waals surface area contributed by atoms with E-state index in [-0.39, 0.29) is 6.04 Å². The summed E-state index contributed by atoms with van der Waals surface area (Å²) in [6.45, 7) is 1.92. The SMILES string of the molecule is CNC(Cc1cccc(F)c1F)c1cccc(Cl)c1C. The van der Waals surface area contributed by atoms with Crippen LogP contribution in [0.3, 0.4) is 0 Å². The molecule has 0 amide bonds. The molecule has 0 spiro atoms. The fourth-order valence-electron chi connectivity index (χ4n) is 2.30. The largest absolute Gasteiger partial charge is 0.313 e. The average molecular weight is 296 g/mol. The van der Waals surface area contributed by atoms with Gasteiger partial charge in [-0.15, -0.1) is 0 Å². The van der Waals surface area contributed by atoms with Crippen molar-refractivity contribution in [3.63, 3.8) is 0 Å². The smallest absolute Gasteiger partial charge is 0.162 e. The van der Waals surface area contributed by atoms with Crippen LogP contribution in [0.1, 0.15) is 22.7 Å². The fraction of sp³-hybridized carbons (Fsp3) is 0.250. The fourth-order valence-corrected chi connectivity index (χ4v) is 2.48. The molecule has 0 radical (unpaired) electrons. The normalized spacial score (nSPS) is 12.4. The van der Waals surface area contributed by atoms with Gasteiger partial charge in [-0.2, -0.15) is 0 Å². The second-order valence-corrected chi connectivity index (χ2v) is 5.12. The first-order valence-corrected chi connectivity index (χ1v) is 6.77. The van der Waals surface area contributed by atoms with Gasteiger partial charge in [-0.05, 0) is 49.2 Å². The summed E-state index contributed by atoms with van der Waals surface area (Å²) in [4.78, 5) is 0. The van der Waals surface area contributed by atoms with Crippen LogP contribution in [0.2, 0.25) is 5.02 Å². The van der Waals surface area contributed by atoms with E-state index in [1.54, 1.807) is 13.1 Å². The van der Waals surface area contributed by atoms with Gasteiger partial charge in [0.2, 0.25) is 0 Å². The first-order chi connectivity index (χ1) is 9.54. The molecule has 0 aliphatic rings. The van der Waals surface area contributed by atoms with Crippen LogP contribution in [0.25, 0.3) is 0 Å². The van der Waals surface area contributed by atoms with Crippen molar-refractivity contribution >= 4 is 11.6 Å². The van der Waals surface area contributed by atoms with Gasteiger partial charge in [-0.25, -0.2) is 8.78 Å². The van der Waals surface area contributed by atoms with Crippen molar-refractivity contribution in [3.05, 3.63) is 69.7 Å². The highest BCUT2D eigenvalue weighted by atomic mass is 35.5. The Morgan fingerprint density at radius 3 is 2.55 bits per heavy atom. The highest BCUT2D eigenvalue weighted by Gasteiger charge is 2.17. The molecule has 2 aromatic carbocycles. The maximum absolute atomic E-state index is 13.8. The van der Waals surface area contributed by atoms with E-state index in [0.717, 1.165) is 17.2 Å². The van der Waals surface area contributed by atoms with Crippen LogP contribution in [0, 0.1) is 18.6 Å². The van der Waals surface area contributed by atoms with Crippen LogP contribution in [0.4, 0.5) is 8.78 Å². The van der Waals surface area contributed by atoms with Gasteiger partial charge in [0, 0.05) is 11.1 Å². The van der Waals surface area contributed by atoms with Crippen molar-refractivity contribution in [3.8, 4) is 0 Å². The van der Waals surface area contributed by atoms with Crippen LogP contribution in [0.5, 0.6) is 0 Å². The molecule has 20 heavy (non-hydrogen) atoms. The van der Waals surface area contributed by atoms with Gasteiger partial charge in [-0.3, -0.25) is 0 Å². The standard InChI is InChI=1S/C16H16ClF2N/c1-10-12(6-4-7-13(10)17)15(20-2)9-11-5-3-8-14(18)16(11)19/h3-8,15,20H,9H2,1-2H3. The second-order valence-electron chi connectivity index (χ2n) is 4.71. The molecule has 1 unspecified atom stereocenters. The van der Waals surface area contributed by atoms with E-state index in [4.69, 9.17) is 11.6 Å². The Bertz CT molecular complexity index is 613. The van der Waals surface area contributed by atoms with Crippen molar-refractivity contribution in [1.29, 1.82) is 0 Å². The van der Waals surface area contributed by atoms with E-state index in [9.17, 15) is 8.78 Å². The molecule has 0 fully saturated rings. The molecule has 1 N–H and O–H groups in total. The molecule has 0 aromatic heterocycles. The number of rotatable bonds is 4. The highest BCUT2D eigenvalue weighted by molar-refractivity contribution is 6.31. The van der Waals surface area contributed by atoms with E-state index in [1.165, 1.54) is 6.07 Å². The van der Waals surface area contributed by atoms with Crippen molar-refractivity contribution in [1.82, 2.24) is 5.32 Å². The highest BCUT2D eigenvalue weighted by Crippen LogP contribution is 2.27. The van der Waals surface area contributed by atoms with E-state index < -0.39 is 11.6 Å². The lowest BCUT2D eigenvalue weighted by atomic mass is 9.95. The molecule has 0 saturated heterocycles.